The predicted molar refractivity (Wildman–Crippen MR) is 36.2 cm³/mol. The Morgan fingerprint density at radius 2 is 2.60 bits per heavy atom. The Morgan fingerprint density at radius 1 is 2.00 bits per heavy atom. The van der Waals surface area contributed by atoms with Gasteiger partial charge in [-0.15, -0.1) is 0 Å². The molecule has 0 aromatic heterocycles. The van der Waals surface area contributed by atoms with Gasteiger partial charge in [0.2, 0.25) is 5.91 Å². The first-order chi connectivity index (χ1) is 4.61. The monoisotopic (exact) mass is 144 g/mol. The maximum absolute atomic E-state index is 10.8. The molecule has 4 nitrogen and oxygen atoms in total. The molecule has 2 unspecified atom stereocenters. The highest BCUT2D eigenvalue weighted by Gasteiger charge is 2.33. The standard InChI is InChI=1S/C6H12N2O2/c1-4(9)2-8-3-5(7)6(8)10/h4-5,9H,2-3,7H2,1H3. The molecule has 1 heterocycles. The molecule has 0 aliphatic carbocycles. The van der Waals surface area contributed by atoms with Gasteiger partial charge >= 0.3 is 0 Å². The highest BCUT2D eigenvalue weighted by Crippen LogP contribution is 2.07. The number of β-amino-alcohol motifs (C(OH)–C–C–N with tert-alkyl or cyclic N) is 1. The Kier molecular flexibility index (Phi) is 1.92. The summed E-state index contributed by atoms with van der Waals surface area (Å²) in [6.07, 6.45) is -0.448. The zero-order chi connectivity index (χ0) is 7.72. The van der Waals surface area contributed by atoms with Gasteiger partial charge in [-0.3, -0.25) is 4.79 Å². The third kappa shape index (κ3) is 1.27. The fourth-order valence-corrected chi connectivity index (χ4v) is 1.01. The summed E-state index contributed by atoms with van der Waals surface area (Å²) >= 11 is 0. The summed E-state index contributed by atoms with van der Waals surface area (Å²) in [4.78, 5) is 12.3. The third-order valence-corrected chi connectivity index (χ3v) is 1.53. The lowest BCUT2D eigenvalue weighted by Gasteiger charge is -2.36. The van der Waals surface area contributed by atoms with Gasteiger partial charge in [0.1, 0.15) is 6.04 Å². The van der Waals surface area contributed by atoms with Crippen molar-refractivity contribution < 1.29 is 9.90 Å². The van der Waals surface area contributed by atoms with E-state index in [9.17, 15) is 4.79 Å². The smallest absolute Gasteiger partial charge is 0.241 e. The minimum atomic E-state index is -0.448. The average molecular weight is 144 g/mol. The molecule has 2 atom stereocenters. The highest BCUT2D eigenvalue weighted by atomic mass is 16.3. The van der Waals surface area contributed by atoms with E-state index in [1.54, 1.807) is 11.8 Å². The summed E-state index contributed by atoms with van der Waals surface area (Å²) in [7, 11) is 0. The van der Waals surface area contributed by atoms with Gasteiger partial charge in [-0.1, -0.05) is 0 Å². The number of amides is 1. The molecule has 1 amide bonds. The number of carbonyl (C=O) groups excluding carboxylic acids is 1. The first-order valence-electron chi connectivity index (χ1n) is 3.33. The van der Waals surface area contributed by atoms with Crippen LogP contribution in [0.3, 0.4) is 0 Å². The maximum atomic E-state index is 10.8. The summed E-state index contributed by atoms with van der Waals surface area (Å²) in [5, 5.41) is 8.86. The van der Waals surface area contributed by atoms with Crippen molar-refractivity contribution in [1.29, 1.82) is 0 Å². The largest absolute Gasteiger partial charge is 0.392 e. The Labute approximate surface area is 59.6 Å². The van der Waals surface area contributed by atoms with Gasteiger partial charge in [0.05, 0.1) is 6.10 Å². The van der Waals surface area contributed by atoms with E-state index in [1.807, 2.05) is 0 Å². The van der Waals surface area contributed by atoms with Crippen molar-refractivity contribution >= 4 is 5.91 Å². The van der Waals surface area contributed by atoms with Gasteiger partial charge in [0.25, 0.3) is 0 Å². The fourth-order valence-electron chi connectivity index (χ4n) is 1.01. The van der Waals surface area contributed by atoms with E-state index in [1.165, 1.54) is 0 Å². The minimum absolute atomic E-state index is 0.0547. The molecule has 1 fully saturated rings. The van der Waals surface area contributed by atoms with Crippen molar-refractivity contribution in [1.82, 2.24) is 4.90 Å². The normalized spacial score (nSPS) is 28.1. The van der Waals surface area contributed by atoms with Gasteiger partial charge in [-0.25, -0.2) is 0 Å². The molecule has 0 aromatic rings. The van der Waals surface area contributed by atoms with Crippen molar-refractivity contribution in [3.05, 3.63) is 0 Å². The Balaban J connectivity index is 2.27. The number of aliphatic hydroxyl groups is 1. The molecule has 1 aliphatic heterocycles. The average Bonchev–Trinajstić information content (AvgIpc) is 1.86. The number of nitrogens with two attached hydrogens (primary N) is 1. The second-order valence-corrected chi connectivity index (χ2v) is 2.70. The molecule has 0 aromatic carbocycles. The molecule has 58 valence electrons. The van der Waals surface area contributed by atoms with E-state index in [2.05, 4.69) is 0 Å². The number of β-lactam (4-membered cyclic amide) rings is 1. The molecular formula is C6H12N2O2. The van der Waals surface area contributed by atoms with Crippen LogP contribution in [-0.2, 0) is 4.79 Å². The van der Waals surface area contributed by atoms with Crippen LogP contribution < -0.4 is 5.73 Å². The van der Waals surface area contributed by atoms with Crippen molar-refractivity contribution in [2.24, 2.45) is 5.73 Å². The number of rotatable bonds is 2. The molecular weight excluding hydrogens is 132 g/mol. The number of aliphatic hydroxyl groups excluding tert-OH is 1. The maximum Gasteiger partial charge on any atom is 0.241 e. The Morgan fingerprint density at radius 3 is 2.90 bits per heavy atom. The number of nitrogens with zero attached hydrogens (tertiary/aromatic N) is 1. The van der Waals surface area contributed by atoms with Crippen LogP contribution in [-0.4, -0.2) is 41.1 Å². The second kappa shape index (κ2) is 2.56. The van der Waals surface area contributed by atoms with E-state index in [4.69, 9.17) is 10.8 Å². The number of hydrogen-bond acceptors (Lipinski definition) is 3. The van der Waals surface area contributed by atoms with Crippen LogP contribution >= 0.6 is 0 Å². The lowest BCUT2D eigenvalue weighted by molar-refractivity contribution is -0.143. The molecule has 1 rings (SSSR count). The third-order valence-electron chi connectivity index (χ3n) is 1.53. The van der Waals surface area contributed by atoms with Crippen molar-refractivity contribution in [3.8, 4) is 0 Å². The van der Waals surface area contributed by atoms with E-state index in [-0.39, 0.29) is 11.9 Å². The van der Waals surface area contributed by atoms with E-state index >= 15 is 0 Å². The van der Waals surface area contributed by atoms with Crippen LogP contribution in [0.25, 0.3) is 0 Å². The zero-order valence-electron chi connectivity index (χ0n) is 5.95. The molecule has 4 heteroatoms. The van der Waals surface area contributed by atoms with E-state index in [0.29, 0.717) is 13.1 Å². The molecule has 0 saturated carbocycles. The molecule has 0 radical (unpaired) electrons. The van der Waals surface area contributed by atoms with Crippen molar-refractivity contribution in [3.63, 3.8) is 0 Å². The minimum Gasteiger partial charge on any atom is -0.392 e. The first kappa shape index (κ1) is 7.50. The molecule has 0 spiro atoms. The Hall–Kier alpha value is -0.610. The predicted octanol–water partition coefficient (Wildman–Crippen LogP) is -1.46. The lowest BCUT2D eigenvalue weighted by Crippen LogP contribution is -2.62. The molecule has 3 N–H and O–H groups in total. The summed E-state index contributed by atoms with van der Waals surface area (Å²) in [5.74, 6) is -0.0547. The quantitative estimate of drug-likeness (QED) is 0.465. The van der Waals surface area contributed by atoms with Crippen molar-refractivity contribution in [2.75, 3.05) is 13.1 Å². The first-order valence-corrected chi connectivity index (χ1v) is 3.33. The SMILES string of the molecule is CC(O)CN1CC(N)C1=O. The number of hydrogen-bond donors (Lipinski definition) is 2. The summed E-state index contributed by atoms with van der Waals surface area (Å²) < 4.78 is 0. The summed E-state index contributed by atoms with van der Waals surface area (Å²) in [6.45, 7) is 2.65. The Bertz CT molecular complexity index is 147. The zero-order valence-corrected chi connectivity index (χ0v) is 5.95. The van der Waals surface area contributed by atoms with Crippen LogP contribution in [0.5, 0.6) is 0 Å². The molecule has 10 heavy (non-hydrogen) atoms. The second-order valence-electron chi connectivity index (χ2n) is 2.70. The van der Waals surface area contributed by atoms with Gasteiger partial charge in [-0.05, 0) is 6.92 Å². The van der Waals surface area contributed by atoms with Crippen LogP contribution in [0.15, 0.2) is 0 Å². The van der Waals surface area contributed by atoms with Gasteiger partial charge in [0, 0.05) is 13.1 Å². The fraction of sp³-hybridized carbons (Fsp3) is 0.833. The van der Waals surface area contributed by atoms with Crippen molar-refractivity contribution in [2.45, 2.75) is 19.1 Å². The molecule has 1 aliphatic rings. The van der Waals surface area contributed by atoms with Gasteiger partial charge in [0.15, 0.2) is 0 Å². The van der Waals surface area contributed by atoms with Crippen LogP contribution in [0.2, 0.25) is 0 Å². The van der Waals surface area contributed by atoms with Crippen LogP contribution in [0.1, 0.15) is 6.92 Å². The molecule has 0 bridgehead atoms. The van der Waals surface area contributed by atoms with Gasteiger partial charge in [-0.2, -0.15) is 0 Å². The van der Waals surface area contributed by atoms with Crippen LogP contribution in [0.4, 0.5) is 0 Å². The van der Waals surface area contributed by atoms with E-state index < -0.39 is 6.10 Å². The summed E-state index contributed by atoms with van der Waals surface area (Å²) in [6, 6.07) is -0.321. The highest BCUT2D eigenvalue weighted by molar-refractivity contribution is 5.87. The number of carbonyl (C=O) groups is 1. The summed E-state index contributed by atoms with van der Waals surface area (Å²) in [5.41, 5.74) is 5.32. The topological polar surface area (TPSA) is 66.6 Å². The molecule has 1 saturated heterocycles. The van der Waals surface area contributed by atoms with Gasteiger partial charge < -0.3 is 15.7 Å². The van der Waals surface area contributed by atoms with E-state index in [0.717, 1.165) is 0 Å². The lowest BCUT2D eigenvalue weighted by atomic mass is 10.1. The van der Waals surface area contributed by atoms with Crippen LogP contribution in [0, 0.1) is 0 Å². The number of likely N-dealkylation sites (tertiary alicyclic amines) is 1.